The summed E-state index contributed by atoms with van der Waals surface area (Å²) in [7, 11) is 0. The van der Waals surface area contributed by atoms with Crippen molar-refractivity contribution in [1.29, 1.82) is 0 Å². The zero-order valence-corrected chi connectivity index (χ0v) is 11.1. The molecule has 2 nitrogen and oxygen atoms in total. The molecule has 0 spiro atoms. The molecule has 0 radical (unpaired) electrons. The van der Waals surface area contributed by atoms with E-state index in [0.29, 0.717) is 5.41 Å². The number of alkyl halides is 1. The lowest BCUT2D eigenvalue weighted by Gasteiger charge is -2.16. The number of fused-ring (bicyclic) bond motifs is 1. The van der Waals surface area contributed by atoms with Crippen LogP contribution in [0.1, 0.15) is 12.8 Å². The van der Waals surface area contributed by atoms with Gasteiger partial charge in [0.2, 0.25) is 0 Å². The van der Waals surface area contributed by atoms with Crippen LogP contribution in [-0.2, 0) is 6.54 Å². The fourth-order valence-corrected chi connectivity index (χ4v) is 2.99. The third kappa shape index (κ3) is 1.93. The number of benzene rings is 1. The van der Waals surface area contributed by atoms with Crippen molar-refractivity contribution in [2.24, 2.45) is 5.41 Å². The molecule has 1 aliphatic rings. The van der Waals surface area contributed by atoms with Crippen molar-refractivity contribution >= 4 is 26.8 Å². The highest BCUT2D eigenvalue weighted by Crippen LogP contribution is 2.48. The van der Waals surface area contributed by atoms with Crippen molar-refractivity contribution in [2.75, 3.05) is 5.33 Å². The van der Waals surface area contributed by atoms with Gasteiger partial charge in [-0.05, 0) is 35.8 Å². The number of pyridine rings is 1. The second kappa shape index (κ2) is 3.98. The van der Waals surface area contributed by atoms with E-state index >= 15 is 0 Å². The summed E-state index contributed by atoms with van der Waals surface area (Å²) >= 11 is 3.56. The summed E-state index contributed by atoms with van der Waals surface area (Å²) < 4.78 is 1.92. The molecule has 1 fully saturated rings. The summed E-state index contributed by atoms with van der Waals surface area (Å²) in [6, 6.07) is 11.7. The van der Waals surface area contributed by atoms with E-state index in [2.05, 4.69) is 22.0 Å². The minimum Gasteiger partial charge on any atom is -0.308 e. The highest BCUT2D eigenvalue weighted by molar-refractivity contribution is 9.09. The molecule has 88 valence electrons. The Morgan fingerprint density at radius 1 is 1.18 bits per heavy atom. The average molecular weight is 292 g/mol. The van der Waals surface area contributed by atoms with Crippen molar-refractivity contribution < 1.29 is 0 Å². The van der Waals surface area contributed by atoms with Crippen molar-refractivity contribution in [3.63, 3.8) is 0 Å². The molecule has 0 unspecified atom stereocenters. The predicted octanol–water partition coefficient (Wildman–Crippen LogP) is 3.18. The minimum atomic E-state index is 0.107. The third-order valence-corrected chi connectivity index (χ3v) is 4.82. The molecule has 1 saturated carbocycles. The van der Waals surface area contributed by atoms with Gasteiger partial charge in [0.25, 0.3) is 5.56 Å². The normalized spacial score (nSPS) is 17.2. The fraction of sp³-hybridized carbons (Fsp3) is 0.357. The fourth-order valence-electron chi connectivity index (χ4n) is 2.25. The van der Waals surface area contributed by atoms with Crippen LogP contribution in [0.5, 0.6) is 0 Å². The molecule has 1 aromatic carbocycles. The maximum Gasteiger partial charge on any atom is 0.251 e. The van der Waals surface area contributed by atoms with Gasteiger partial charge in [-0.1, -0.05) is 34.1 Å². The maximum absolute atomic E-state index is 12.0. The lowest BCUT2D eigenvalue weighted by molar-refractivity contribution is 0.476. The zero-order valence-electron chi connectivity index (χ0n) is 9.53. The van der Waals surface area contributed by atoms with Crippen LogP contribution in [0.4, 0.5) is 0 Å². The van der Waals surface area contributed by atoms with Crippen molar-refractivity contribution in [3.05, 3.63) is 46.8 Å². The summed E-state index contributed by atoms with van der Waals surface area (Å²) in [5, 5.41) is 2.12. The Bertz CT molecular complexity index is 613. The number of aromatic nitrogens is 1. The average Bonchev–Trinajstić information content (AvgIpc) is 3.14. The summed E-state index contributed by atoms with van der Waals surface area (Å²) in [6.07, 6.45) is 2.43. The van der Waals surface area contributed by atoms with Crippen molar-refractivity contribution in [1.82, 2.24) is 4.57 Å². The second-order valence-corrected chi connectivity index (χ2v) is 5.51. The van der Waals surface area contributed by atoms with Gasteiger partial charge in [-0.25, -0.2) is 0 Å². The highest BCUT2D eigenvalue weighted by Gasteiger charge is 2.42. The van der Waals surface area contributed by atoms with E-state index in [1.807, 2.05) is 28.8 Å². The van der Waals surface area contributed by atoms with E-state index in [1.54, 1.807) is 6.07 Å². The van der Waals surface area contributed by atoms with E-state index in [1.165, 1.54) is 12.8 Å². The standard InChI is InChI=1S/C14H14BrNO/c15-9-14(7-8-14)10-16-12-4-2-1-3-11(12)5-6-13(16)17/h1-6H,7-10H2. The lowest BCUT2D eigenvalue weighted by Crippen LogP contribution is -2.25. The topological polar surface area (TPSA) is 22.0 Å². The monoisotopic (exact) mass is 291 g/mol. The first-order chi connectivity index (χ1) is 8.24. The van der Waals surface area contributed by atoms with E-state index < -0.39 is 0 Å². The SMILES string of the molecule is O=c1ccc2ccccc2n1CC1(CBr)CC1. The smallest absolute Gasteiger partial charge is 0.251 e. The van der Waals surface area contributed by atoms with Gasteiger partial charge in [0.15, 0.2) is 0 Å². The van der Waals surface area contributed by atoms with Crippen LogP contribution in [0.15, 0.2) is 41.2 Å². The Morgan fingerprint density at radius 2 is 1.94 bits per heavy atom. The number of nitrogens with zero attached hydrogens (tertiary/aromatic N) is 1. The molecule has 0 saturated heterocycles. The van der Waals surface area contributed by atoms with Gasteiger partial charge in [0.1, 0.15) is 0 Å². The van der Waals surface area contributed by atoms with Crippen LogP contribution in [-0.4, -0.2) is 9.90 Å². The number of para-hydroxylation sites is 1. The van der Waals surface area contributed by atoms with Gasteiger partial charge in [-0.2, -0.15) is 0 Å². The van der Waals surface area contributed by atoms with Crippen LogP contribution in [0.3, 0.4) is 0 Å². The molecule has 0 amide bonds. The Balaban J connectivity index is 2.14. The van der Waals surface area contributed by atoms with E-state index in [-0.39, 0.29) is 5.56 Å². The van der Waals surface area contributed by atoms with Gasteiger partial charge in [0.05, 0.1) is 5.52 Å². The first-order valence-electron chi connectivity index (χ1n) is 5.89. The molecule has 3 rings (SSSR count). The van der Waals surface area contributed by atoms with E-state index in [9.17, 15) is 4.79 Å². The first-order valence-corrected chi connectivity index (χ1v) is 7.01. The number of halogens is 1. The Labute approximate surface area is 108 Å². The van der Waals surface area contributed by atoms with Gasteiger partial charge in [-0.3, -0.25) is 4.79 Å². The Morgan fingerprint density at radius 3 is 2.65 bits per heavy atom. The number of hydrogen-bond donors (Lipinski definition) is 0. The van der Waals surface area contributed by atoms with Crippen LogP contribution < -0.4 is 5.56 Å². The van der Waals surface area contributed by atoms with Crippen molar-refractivity contribution in [2.45, 2.75) is 19.4 Å². The molecule has 1 heterocycles. The van der Waals surface area contributed by atoms with E-state index in [4.69, 9.17) is 0 Å². The summed E-state index contributed by atoms with van der Waals surface area (Å²) in [5.74, 6) is 0. The molecule has 2 aromatic rings. The zero-order chi connectivity index (χ0) is 11.9. The summed E-state index contributed by atoms with van der Waals surface area (Å²) in [6.45, 7) is 0.832. The van der Waals surface area contributed by atoms with E-state index in [0.717, 1.165) is 22.8 Å². The third-order valence-electron chi connectivity index (χ3n) is 3.63. The summed E-state index contributed by atoms with van der Waals surface area (Å²) in [4.78, 5) is 12.0. The Kier molecular flexibility index (Phi) is 2.58. The van der Waals surface area contributed by atoms with Gasteiger partial charge in [-0.15, -0.1) is 0 Å². The van der Waals surface area contributed by atoms with Crippen LogP contribution >= 0.6 is 15.9 Å². The quantitative estimate of drug-likeness (QED) is 0.796. The summed E-state index contributed by atoms with van der Waals surface area (Å²) in [5.41, 5.74) is 1.47. The van der Waals surface area contributed by atoms with Gasteiger partial charge in [0, 0.05) is 17.9 Å². The molecule has 1 aliphatic carbocycles. The first kappa shape index (κ1) is 11.0. The maximum atomic E-state index is 12.0. The molecule has 17 heavy (non-hydrogen) atoms. The second-order valence-electron chi connectivity index (χ2n) is 4.95. The molecule has 1 aromatic heterocycles. The minimum absolute atomic E-state index is 0.107. The lowest BCUT2D eigenvalue weighted by atomic mass is 10.1. The van der Waals surface area contributed by atoms with Crippen molar-refractivity contribution in [3.8, 4) is 0 Å². The number of hydrogen-bond acceptors (Lipinski definition) is 1. The van der Waals surface area contributed by atoms with Gasteiger partial charge >= 0.3 is 0 Å². The number of rotatable bonds is 3. The molecule has 3 heteroatoms. The van der Waals surface area contributed by atoms with Crippen LogP contribution in [0, 0.1) is 5.41 Å². The molecular weight excluding hydrogens is 278 g/mol. The largest absolute Gasteiger partial charge is 0.308 e. The molecule has 0 bridgehead atoms. The molecule has 0 aliphatic heterocycles. The molecular formula is C14H14BrNO. The molecule has 0 atom stereocenters. The predicted molar refractivity (Wildman–Crippen MR) is 73.7 cm³/mol. The van der Waals surface area contributed by atoms with Crippen LogP contribution in [0.2, 0.25) is 0 Å². The Hall–Kier alpha value is -1.09. The molecule has 0 N–H and O–H groups in total. The van der Waals surface area contributed by atoms with Crippen LogP contribution in [0.25, 0.3) is 10.9 Å². The highest BCUT2D eigenvalue weighted by atomic mass is 79.9. The van der Waals surface area contributed by atoms with Gasteiger partial charge < -0.3 is 4.57 Å².